The van der Waals surface area contributed by atoms with Gasteiger partial charge in [0, 0.05) is 6.04 Å². The Balaban J connectivity index is 1.91. The van der Waals surface area contributed by atoms with Crippen molar-refractivity contribution in [2.75, 3.05) is 17.2 Å². The van der Waals surface area contributed by atoms with Crippen LogP contribution < -0.4 is 15.4 Å². The Morgan fingerprint density at radius 2 is 2.20 bits per heavy atom. The topological polar surface area (TPSA) is 93.5 Å². The zero-order valence-corrected chi connectivity index (χ0v) is 11.0. The molecule has 1 aliphatic heterocycles. The first-order chi connectivity index (χ1) is 9.52. The average molecular weight is 277 g/mol. The Kier molecular flexibility index (Phi) is 2.96. The summed E-state index contributed by atoms with van der Waals surface area (Å²) in [5.41, 5.74) is 0.873. The highest BCUT2D eigenvalue weighted by Crippen LogP contribution is 2.40. The molecule has 1 aromatic rings. The summed E-state index contributed by atoms with van der Waals surface area (Å²) in [6.45, 7) is 2.03. The summed E-state index contributed by atoms with van der Waals surface area (Å²) < 4.78 is 5.20. The molecular weight excluding hydrogens is 262 g/mol. The molecule has 1 aromatic carbocycles. The molecule has 0 atom stereocenters. The molecule has 0 bridgehead atoms. The number of fused-ring (bicyclic) bond motifs is 1. The number of rotatable bonds is 3. The Morgan fingerprint density at radius 1 is 1.45 bits per heavy atom. The zero-order chi connectivity index (χ0) is 14.3. The van der Waals surface area contributed by atoms with E-state index < -0.39 is 4.92 Å². The predicted molar refractivity (Wildman–Crippen MR) is 73.0 cm³/mol. The number of nitro benzene ring substituents is 1. The van der Waals surface area contributed by atoms with Crippen LogP contribution in [-0.2, 0) is 4.79 Å². The van der Waals surface area contributed by atoms with E-state index in [0.29, 0.717) is 23.0 Å². The van der Waals surface area contributed by atoms with Crippen molar-refractivity contribution in [3.63, 3.8) is 0 Å². The second kappa shape index (κ2) is 4.66. The maximum absolute atomic E-state index is 11.3. The predicted octanol–water partition coefficient (Wildman–Crippen LogP) is 2.14. The molecule has 2 N–H and O–H groups in total. The minimum Gasteiger partial charge on any atom is -0.481 e. The van der Waals surface area contributed by atoms with Crippen molar-refractivity contribution in [1.29, 1.82) is 0 Å². The first kappa shape index (κ1) is 12.7. The molecule has 0 saturated heterocycles. The summed E-state index contributed by atoms with van der Waals surface area (Å²) in [7, 11) is 0. The monoisotopic (exact) mass is 277 g/mol. The third kappa shape index (κ3) is 2.26. The fraction of sp³-hybridized carbons (Fsp3) is 0.462. The number of hydrogen-bond donors (Lipinski definition) is 2. The number of nitro groups is 1. The summed E-state index contributed by atoms with van der Waals surface area (Å²) in [4.78, 5) is 22.0. The number of hydrogen-bond acceptors (Lipinski definition) is 5. The van der Waals surface area contributed by atoms with Gasteiger partial charge in [-0.1, -0.05) is 6.92 Å². The number of carbonyl (C=O) groups is 1. The standard InChI is InChI=1S/C13H15N3O4/c1-7-2-8(3-7)14-9-4-10-12(5-11(9)16(18)19)20-6-13(17)15-10/h4-5,7-8,14H,2-3,6H2,1H3,(H,15,17). The summed E-state index contributed by atoms with van der Waals surface area (Å²) in [5.74, 6) is 0.727. The van der Waals surface area contributed by atoms with Gasteiger partial charge in [-0.15, -0.1) is 0 Å². The molecule has 7 heteroatoms. The van der Waals surface area contributed by atoms with Gasteiger partial charge in [0.15, 0.2) is 12.4 Å². The number of nitrogens with zero attached hydrogens (tertiary/aromatic N) is 1. The lowest BCUT2D eigenvalue weighted by Gasteiger charge is -2.34. The fourth-order valence-electron chi connectivity index (χ4n) is 2.62. The Hall–Kier alpha value is -2.31. The third-order valence-electron chi connectivity index (χ3n) is 3.66. The molecular formula is C13H15N3O4. The van der Waals surface area contributed by atoms with Gasteiger partial charge in [-0.3, -0.25) is 14.9 Å². The van der Waals surface area contributed by atoms with Crippen molar-refractivity contribution in [2.24, 2.45) is 5.92 Å². The van der Waals surface area contributed by atoms with Crippen LogP contribution in [0.1, 0.15) is 19.8 Å². The van der Waals surface area contributed by atoms with Crippen molar-refractivity contribution >= 4 is 23.0 Å². The number of amides is 1. The van der Waals surface area contributed by atoms with Gasteiger partial charge in [0.25, 0.3) is 11.6 Å². The van der Waals surface area contributed by atoms with E-state index in [1.54, 1.807) is 6.07 Å². The first-order valence-corrected chi connectivity index (χ1v) is 6.54. The van der Waals surface area contributed by atoms with Crippen LogP contribution in [0.25, 0.3) is 0 Å². The molecule has 0 radical (unpaired) electrons. The molecule has 3 rings (SSSR count). The molecule has 0 unspecified atom stereocenters. The van der Waals surface area contributed by atoms with Gasteiger partial charge in [0.05, 0.1) is 16.7 Å². The smallest absolute Gasteiger partial charge is 0.296 e. The van der Waals surface area contributed by atoms with Crippen LogP contribution >= 0.6 is 0 Å². The van der Waals surface area contributed by atoms with Gasteiger partial charge in [0.2, 0.25) is 0 Å². The van der Waals surface area contributed by atoms with Crippen LogP contribution in [0.4, 0.5) is 17.1 Å². The summed E-state index contributed by atoms with van der Waals surface area (Å²) in [6, 6.07) is 3.19. The molecule has 1 fully saturated rings. The van der Waals surface area contributed by atoms with E-state index in [1.807, 2.05) is 0 Å². The highest BCUT2D eigenvalue weighted by molar-refractivity contribution is 5.96. The van der Waals surface area contributed by atoms with Crippen LogP contribution in [0.5, 0.6) is 5.75 Å². The van der Waals surface area contributed by atoms with Gasteiger partial charge in [-0.05, 0) is 24.8 Å². The van der Waals surface area contributed by atoms with Crippen LogP contribution in [0, 0.1) is 16.0 Å². The van der Waals surface area contributed by atoms with E-state index >= 15 is 0 Å². The second-order valence-corrected chi connectivity index (χ2v) is 5.38. The first-order valence-electron chi connectivity index (χ1n) is 6.54. The molecule has 20 heavy (non-hydrogen) atoms. The number of benzene rings is 1. The largest absolute Gasteiger partial charge is 0.481 e. The molecule has 0 aromatic heterocycles. The molecule has 106 valence electrons. The van der Waals surface area contributed by atoms with Crippen LogP contribution in [-0.4, -0.2) is 23.5 Å². The van der Waals surface area contributed by atoms with E-state index in [4.69, 9.17) is 4.74 Å². The van der Waals surface area contributed by atoms with E-state index in [-0.39, 0.29) is 24.2 Å². The minimum absolute atomic E-state index is 0.0283. The summed E-state index contributed by atoms with van der Waals surface area (Å²) >= 11 is 0. The van der Waals surface area contributed by atoms with Crippen molar-refractivity contribution < 1.29 is 14.5 Å². The Morgan fingerprint density at radius 3 is 2.85 bits per heavy atom. The number of nitrogens with one attached hydrogen (secondary N) is 2. The molecule has 1 aliphatic carbocycles. The number of ether oxygens (including phenoxy) is 1. The van der Waals surface area contributed by atoms with E-state index in [9.17, 15) is 14.9 Å². The summed E-state index contributed by atoms with van der Waals surface area (Å²) in [6.07, 6.45) is 1.99. The molecule has 2 aliphatic rings. The van der Waals surface area contributed by atoms with Crippen molar-refractivity contribution in [2.45, 2.75) is 25.8 Å². The second-order valence-electron chi connectivity index (χ2n) is 5.38. The molecule has 1 heterocycles. The third-order valence-corrected chi connectivity index (χ3v) is 3.66. The lowest BCUT2D eigenvalue weighted by Crippen LogP contribution is -2.34. The van der Waals surface area contributed by atoms with Crippen LogP contribution in [0.3, 0.4) is 0 Å². The SMILES string of the molecule is CC1CC(Nc2cc3c(cc2[N+](=O)[O-])OCC(=O)N3)C1. The van der Waals surface area contributed by atoms with Crippen molar-refractivity contribution in [3.8, 4) is 5.75 Å². The maximum atomic E-state index is 11.3. The maximum Gasteiger partial charge on any atom is 0.296 e. The molecule has 7 nitrogen and oxygen atoms in total. The molecule has 0 spiro atoms. The highest BCUT2D eigenvalue weighted by Gasteiger charge is 2.29. The van der Waals surface area contributed by atoms with Gasteiger partial charge in [-0.2, -0.15) is 0 Å². The highest BCUT2D eigenvalue weighted by atomic mass is 16.6. The average Bonchev–Trinajstić information content (AvgIpc) is 2.35. The normalized spacial score (nSPS) is 23.9. The van der Waals surface area contributed by atoms with Gasteiger partial charge < -0.3 is 15.4 Å². The Bertz CT molecular complexity index is 581. The quantitative estimate of drug-likeness (QED) is 0.652. The number of anilines is 2. The summed E-state index contributed by atoms with van der Waals surface area (Å²) in [5, 5.41) is 17.0. The Labute approximate surface area is 115 Å². The van der Waals surface area contributed by atoms with Gasteiger partial charge in [0.1, 0.15) is 5.69 Å². The van der Waals surface area contributed by atoms with E-state index in [2.05, 4.69) is 17.6 Å². The van der Waals surface area contributed by atoms with Crippen LogP contribution in [0.2, 0.25) is 0 Å². The van der Waals surface area contributed by atoms with E-state index in [0.717, 1.165) is 12.8 Å². The van der Waals surface area contributed by atoms with Crippen molar-refractivity contribution in [3.05, 3.63) is 22.2 Å². The molecule has 1 saturated carbocycles. The molecule has 1 amide bonds. The van der Waals surface area contributed by atoms with Gasteiger partial charge >= 0.3 is 0 Å². The fourth-order valence-corrected chi connectivity index (χ4v) is 2.62. The van der Waals surface area contributed by atoms with E-state index in [1.165, 1.54) is 6.07 Å². The van der Waals surface area contributed by atoms with Crippen LogP contribution in [0.15, 0.2) is 12.1 Å². The minimum atomic E-state index is -0.440. The van der Waals surface area contributed by atoms with Gasteiger partial charge in [-0.25, -0.2) is 0 Å². The zero-order valence-electron chi connectivity index (χ0n) is 11.0. The lowest BCUT2D eigenvalue weighted by molar-refractivity contribution is -0.384. The number of carbonyl (C=O) groups excluding carboxylic acids is 1. The lowest BCUT2D eigenvalue weighted by atomic mass is 9.82. The van der Waals surface area contributed by atoms with Crippen molar-refractivity contribution in [1.82, 2.24) is 0 Å².